The predicted molar refractivity (Wildman–Crippen MR) is 110 cm³/mol. The topological polar surface area (TPSA) is 69.6 Å². The summed E-state index contributed by atoms with van der Waals surface area (Å²) in [5, 5.41) is -0.0240. The van der Waals surface area contributed by atoms with Crippen LogP contribution in [0.2, 0.25) is 0 Å². The molecule has 0 spiro atoms. The number of anilines is 2. The molecular formula is C18H15ClIN5O2. The van der Waals surface area contributed by atoms with E-state index in [9.17, 15) is 9.59 Å². The number of carbonyl (C=O) groups excluding carboxylic acids is 2. The fourth-order valence-electron chi connectivity index (χ4n) is 3.20. The van der Waals surface area contributed by atoms with Gasteiger partial charge in [0, 0.05) is 42.1 Å². The summed E-state index contributed by atoms with van der Waals surface area (Å²) in [5.41, 5.74) is 0.826. The number of nitrogens with zero attached hydrogens (tertiary/aromatic N) is 5. The maximum atomic E-state index is 13.0. The van der Waals surface area contributed by atoms with E-state index >= 15 is 0 Å². The first-order valence-corrected chi connectivity index (χ1v) is 9.83. The second kappa shape index (κ2) is 7.43. The quantitative estimate of drug-likeness (QED) is 0.481. The third kappa shape index (κ3) is 3.27. The van der Waals surface area contributed by atoms with Crippen LogP contribution in [0.4, 0.5) is 11.6 Å². The Morgan fingerprint density at radius 3 is 2.19 bits per heavy atom. The zero-order chi connectivity index (χ0) is 19.0. The zero-order valence-corrected chi connectivity index (χ0v) is 17.1. The van der Waals surface area contributed by atoms with E-state index in [1.807, 2.05) is 21.9 Å². The number of amides is 2. The molecule has 2 amide bonds. The van der Waals surface area contributed by atoms with Crippen LogP contribution in [0.25, 0.3) is 0 Å². The Morgan fingerprint density at radius 1 is 0.889 bits per heavy atom. The standard InChI is InChI=1S/C18H15ClIN5O2/c19-14-15(17(27)25(16(14)26)13-5-2-1-4-12(13)20)23-8-10-24(11-9-23)18-21-6-3-7-22-18/h1-7H,8-11H2. The number of aromatic nitrogens is 2. The first-order chi connectivity index (χ1) is 13.1. The molecule has 0 bridgehead atoms. The smallest absolute Gasteiger partial charge is 0.283 e. The fraction of sp³-hybridized carbons (Fsp3) is 0.222. The van der Waals surface area contributed by atoms with Crippen LogP contribution in [-0.4, -0.2) is 52.9 Å². The van der Waals surface area contributed by atoms with Crippen molar-refractivity contribution in [2.45, 2.75) is 0 Å². The van der Waals surface area contributed by atoms with Crippen molar-refractivity contribution in [1.82, 2.24) is 14.9 Å². The van der Waals surface area contributed by atoms with E-state index in [0.717, 1.165) is 8.47 Å². The lowest BCUT2D eigenvalue weighted by Gasteiger charge is -2.36. The Labute approximate surface area is 174 Å². The van der Waals surface area contributed by atoms with Crippen molar-refractivity contribution >= 4 is 57.6 Å². The predicted octanol–water partition coefficient (Wildman–Crippen LogP) is 2.23. The van der Waals surface area contributed by atoms with Crippen LogP contribution in [0.3, 0.4) is 0 Å². The Bertz CT molecular complexity index is 928. The van der Waals surface area contributed by atoms with Gasteiger partial charge in [-0.1, -0.05) is 23.7 Å². The Balaban J connectivity index is 1.54. The molecule has 2 aromatic rings. The Morgan fingerprint density at radius 2 is 1.52 bits per heavy atom. The Hall–Kier alpha value is -2.20. The summed E-state index contributed by atoms with van der Waals surface area (Å²) in [4.78, 5) is 39.3. The normalized spacial score (nSPS) is 17.9. The third-order valence-corrected chi connectivity index (χ3v) is 5.78. The van der Waals surface area contributed by atoms with Crippen molar-refractivity contribution < 1.29 is 9.59 Å². The number of piperazine rings is 1. The number of imide groups is 1. The molecule has 1 aromatic heterocycles. The van der Waals surface area contributed by atoms with E-state index in [4.69, 9.17) is 11.6 Å². The van der Waals surface area contributed by atoms with Crippen molar-refractivity contribution in [2.75, 3.05) is 36.0 Å². The average Bonchev–Trinajstić information content (AvgIpc) is 2.92. The molecule has 0 saturated carbocycles. The van der Waals surface area contributed by atoms with Gasteiger partial charge < -0.3 is 9.80 Å². The van der Waals surface area contributed by atoms with Crippen molar-refractivity contribution in [1.29, 1.82) is 0 Å². The van der Waals surface area contributed by atoms with Crippen LogP contribution in [0, 0.1) is 3.57 Å². The SMILES string of the molecule is O=C1C(Cl)=C(N2CCN(c3ncccn3)CC2)C(=O)N1c1ccccc1I. The number of para-hydroxylation sites is 1. The molecule has 0 N–H and O–H groups in total. The highest BCUT2D eigenvalue weighted by Crippen LogP contribution is 2.33. The molecule has 0 radical (unpaired) electrons. The first kappa shape index (κ1) is 18.2. The summed E-state index contributed by atoms with van der Waals surface area (Å²) in [6.07, 6.45) is 3.40. The molecule has 7 nitrogen and oxygen atoms in total. The average molecular weight is 496 g/mol. The largest absolute Gasteiger partial charge is 0.362 e. The minimum Gasteiger partial charge on any atom is -0.362 e. The highest BCUT2D eigenvalue weighted by atomic mass is 127. The van der Waals surface area contributed by atoms with Crippen LogP contribution < -0.4 is 9.80 Å². The summed E-state index contributed by atoms with van der Waals surface area (Å²) in [6.45, 7) is 2.40. The number of carbonyl (C=O) groups is 2. The second-order valence-corrected chi connectivity index (χ2v) is 7.62. The zero-order valence-electron chi connectivity index (χ0n) is 14.2. The van der Waals surface area contributed by atoms with Crippen LogP contribution in [0.5, 0.6) is 0 Å². The van der Waals surface area contributed by atoms with Crippen LogP contribution in [0.15, 0.2) is 53.5 Å². The molecule has 2 aliphatic rings. The first-order valence-electron chi connectivity index (χ1n) is 8.38. The molecule has 4 rings (SSSR count). The summed E-state index contributed by atoms with van der Waals surface area (Å²) in [5.74, 6) is -0.195. The molecule has 0 aliphatic carbocycles. The van der Waals surface area contributed by atoms with E-state index in [0.29, 0.717) is 37.8 Å². The van der Waals surface area contributed by atoms with Gasteiger partial charge >= 0.3 is 0 Å². The molecule has 138 valence electrons. The number of hydrogen-bond acceptors (Lipinski definition) is 6. The van der Waals surface area contributed by atoms with E-state index in [1.54, 1.807) is 30.6 Å². The summed E-state index contributed by atoms with van der Waals surface area (Å²) >= 11 is 8.40. The lowest BCUT2D eigenvalue weighted by molar-refractivity contribution is -0.121. The summed E-state index contributed by atoms with van der Waals surface area (Å²) in [7, 11) is 0. The van der Waals surface area contributed by atoms with Gasteiger partial charge in [-0.3, -0.25) is 9.59 Å². The second-order valence-electron chi connectivity index (χ2n) is 6.08. The third-order valence-electron chi connectivity index (χ3n) is 4.53. The van der Waals surface area contributed by atoms with Crippen molar-refractivity contribution in [3.05, 3.63) is 57.0 Å². The number of halogens is 2. The van der Waals surface area contributed by atoms with Crippen molar-refractivity contribution in [2.24, 2.45) is 0 Å². The molecule has 3 heterocycles. The molecule has 27 heavy (non-hydrogen) atoms. The van der Waals surface area contributed by atoms with Gasteiger partial charge in [-0.15, -0.1) is 0 Å². The van der Waals surface area contributed by atoms with Crippen molar-refractivity contribution in [3.8, 4) is 0 Å². The van der Waals surface area contributed by atoms with Crippen LogP contribution in [-0.2, 0) is 9.59 Å². The van der Waals surface area contributed by atoms with Gasteiger partial charge in [-0.2, -0.15) is 0 Å². The molecule has 0 unspecified atom stereocenters. The van der Waals surface area contributed by atoms with Gasteiger partial charge in [-0.25, -0.2) is 14.9 Å². The monoisotopic (exact) mass is 495 g/mol. The number of rotatable bonds is 3. The van der Waals surface area contributed by atoms with Gasteiger partial charge in [0.05, 0.1) is 5.69 Å². The van der Waals surface area contributed by atoms with Gasteiger partial charge in [0.1, 0.15) is 10.7 Å². The molecule has 0 atom stereocenters. The van der Waals surface area contributed by atoms with Gasteiger partial charge in [0.25, 0.3) is 11.8 Å². The van der Waals surface area contributed by atoms with Crippen LogP contribution >= 0.6 is 34.2 Å². The van der Waals surface area contributed by atoms with E-state index < -0.39 is 5.91 Å². The van der Waals surface area contributed by atoms with Gasteiger partial charge in [0.15, 0.2) is 0 Å². The summed E-state index contributed by atoms with van der Waals surface area (Å²) < 4.78 is 0.813. The maximum Gasteiger partial charge on any atom is 0.283 e. The molecule has 1 aromatic carbocycles. The highest BCUT2D eigenvalue weighted by Gasteiger charge is 2.42. The van der Waals surface area contributed by atoms with E-state index in [1.165, 1.54) is 0 Å². The number of hydrogen-bond donors (Lipinski definition) is 0. The minimum absolute atomic E-state index is 0.0240. The Kier molecular flexibility index (Phi) is 5.00. The van der Waals surface area contributed by atoms with Gasteiger partial charge in [-0.05, 0) is 40.8 Å². The molecule has 1 fully saturated rings. The fourth-order valence-corrected chi connectivity index (χ4v) is 4.12. The number of benzene rings is 1. The molecule has 1 saturated heterocycles. The lowest BCUT2D eigenvalue weighted by atomic mass is 10.2. The van der Waals surface area contributed by atoms with Crippen molar-refractivity contribution in [3.63, 3.8) is 0 Å². The molecule has 9 heteroatoms. The van der Waals surface area contributed by atoms with Crippen LogP contribution in [0.1, 0.15) is 0 Å². The molecule has 2 aliphatic heterocycles. The maximum absolute atomic E-state index is 13.0. The summed E-state index contributed by atoms with van der Waals surface area (Å²) in [6, 6.07) is 9.02. The highest BCUT2D eigenvalue weighted by molar-refractivity contribution is 14.1. The van der Waals surface area contributed by atoms with Gasteiger partial charge in [0.2, 0.25) is 5.95 Å². The molecular weight excluding hydrogens is 481 g/mol. The van der Waals surface area contributed by atoms with E-state index in [-0.39, 0.29) is 16.6 Å². The minimum atomic E-state index is -0.477. The van der Waals surface area contributed by atoms with E-state index in [2.05, 4.69) is 32.6 Å². The lowest BCUT2D eigenvalue weighted by Crippen LogP contribution is -2.48.